The molecule has 0 saturated heterocycles. The summed E-state index contributed by atoms with van der Waals surface area (Å²) in [5.41, 5.74) is 2.37. The van der Waals surface area contributed by atoms with Gasteiger partial charge in [-0.25, -0.2) is 0 Å². The molecule has 6 heteroatoms. The van der Waals surface area contributed by atoms with Gasteiger partial charge < -0.3 is 10.1 Å². The number of benzene rings is 2. The number of hydrogen-bond acceptors (Lipinski definition) is 3. The Morgan fingerprint density at radius 2 is 1.78 bits per heavy atom. The lowest BCUT2D eigenvalue weighted by Gasteiger charge is -2.17. The second kappa shape index (κ2) is 11.5. The van der Waals surface area contributed by atoms with Gasteiger partial charge in [-0.1, -0.05) is 55.2 Å². The monoisotopic (exact) mass is 425 g/mol. The molecule has 0 fully saturated rings. The summed E-state index contributed by atoms with van der Waals surface area (Å²) < 4.78 is 5.83. The van der Waals surface area contributed by atoms with Gasteiger partial charge in [0.25, 0.3) is 5.91 Å². The molecule has 0 bridgehead atoms. The average Bonchev–Trinajstić information content (AvgIpc) is 2.68. The number of rotatable bonds is 10. The van der Waals surface area contributed by atoms with Crippen LogP contribution in [0.4, 0.5) is 0 Å². The maximum Gasteiger partial charge on any atom is 0.261 e. The minimum Gasteiger partial charge on any atom is -0.481 e. The number of ether oxygens (including phenoxy) is 1. The molecule has 27 heavy (non-hydrogen) atoms. The second-order valence-corrected chi connectivity index (χ2v) is 8.02. The van der Waals surface area contributed by atoms with Crippen molar-refractivity contribution in [2.45, 2.75) is 38.5 Å². The Morgan fingerprint density at radius 3 is 2.41 bits per heavy atom. The van der Waals surface area contributed by atoms with E-state index in [-0.39, 0.29) is 5.91 Å². The van der Waals surface area contributed by atoms with Gasteiger partial charge >= 0.3 is 0 Å². The largest absolute Gasteiger partial charge is 0.481 e. The van der Waals surface area contributed by atoms with Crippen molar-refractivity contribution in [1.29, 1.82) is 0 Å². The highest BCUT2D eigenvalue weighted by atomic mass is 35.5. The zero-order valence-electron chi connectivity index (χ0n) is 15.6. The molecule has 2 aromatic rings. The molecule has 0 spiro atoms. The third-order valence-electron chi connectivity index (χ3n) is 4.07. The molecule has 1 atom stereocenters. The number of nitrogens with one attached hydrogen (secondary N) is 1. The molecule has 1 unspecified atom stereocenters. The van der Waals surface area contributed by atoms with E-state index in [1.807, 2.05) is 43.3 Å². The van der Waals surface area contributed by atoms with Crippen LogP contribution in [-0.4, -0.2) is 24.3 Å². The summed E-state index contributed by atoms with van der Waals surface area (Å²) in [5, 5.41) is 4.08. The summed E-state index contributed by atoms with van der Waals surface area (Å²) in [7, 11) is 0. The van der Waals surface area contributed by atoms with Crippen molar-refractivity contribution in [2.24, 2.45) is 0 Å². The molecule has 0 aliphatic carbocycles. The molecule has 0 saturated carbocycles. The Hall–Kier alpha value is -1.36. The van der Waals surface area contributed by atoms with Crippen LogP contribution in [0.5, 0.6) is 5.75 Å². The maximum absolute atomic E-state index is 12.3. The topological polar surface area (TPSA) is 38.3 Å². The molecule has 2 aromatic carbocycles. The summed E-state index contributed by atoms with van der Waals surface area (Å²) in [6.45, 7) is 4.65. The normalized spacial score (nSPS) is 11.9. The van der Waals surface area contributed by atoms with E-state index in [1.54, 1.807) is 17.8 Å². The first-order valence-corrected chi connectivity index (χ1v) is 11.0. The van der Waals surface area contributed by atoms with Crippen LogP contribution >= 0.6 is 35.0 Å². The van der Waals surface area contributed by atoms with Gasteiger partial charge in [-0.15, -0.1) is 0 Å². The van der Waals surface area contributed by atoms with E-state index < -0.39 is 6.10 Å². The summed E-state index contributed by atoms with van der Waals surface area (Å²) in [5.74, 6) is 2.29. The van der Waals surface area contributed by atoms with Crippen molar-refractivity contribution in [3.8, 4) is 5.75 Å². The smallest absolute Gasteiger partial charge is 0.261 e. The van der Waals surface area contributed by atoms with Crippen LogP contribution in [0.2, 0.25) is 10.0 Å². The first kappa shape index (κ1) is 21.9. The van der Waals surface area contributed by atoms with E-state index in [1.165, 1.54) is 5.56 Å². The first-order valence-electron chi connectivity index (χ1n) is 9.08. The fourth-order valence-corrected chi connectivity index (χ4v) is 3.60. The summed E-state index contributed by atoms with van der Waals surface area (Å²) in [6.07, 6.45) is 1.13. The van der Waals surface area contributed by atoms with Gasteiger partial charge in [0.05, 0.1) is 10.0 Å². The van der Waals surface area contributed by atoms with E-state index in [0.717, 1.165) is 29.2 Å². The minimum absolute atomic E-state index is 0.0767. The first-order chi connectivity index (χ1) is 13.0. The van der Waals surface area contributed by atoms with Gasteiger partial charge in [0.2, 0.25) is 0 Å². The minimum atomic E-state index is -0.474. The van der Waals surface area contributed by atoms with Crippen LogP contribution in [0.3, 0.4) is 0 Å². The van der Waals surface area contributed by atoms with E-state index in [2.05, 4.69) is 12.2 Å². The van der Waals surface area contributed by atoms with Crippen LogP contribution < -0.4 is 10.1 Å². The number of amides is 1. The third-order valence-corrected chi connectivity index (χ3v) is 5.84. The average molecular weight is 426 g/mol. The van der Waals surface area contributed by atoms with E-state index >= 15 is 0 Å². The van der Waals surface area contributed by atoms with Gasteiger partial charge in [0, 0.05) is 18.1 Å². The SMILES string of the molecule is CCc1ccc(OC(CC)C(=O)NCCSCc2ccc(Cl)c(Cl)c2)cc1. The number of thioether (sulfide) groups is 1. The molecule has 3 nitrogen and oxygen atoms in total. The molecule has 0 aliphatic heterocycles. The Bertz CT molecular complexity index is 737. The van der Waals surface area contributed by atoms with E-state index in [0.29, 0.717) is 23.0 Å². The number of hydrogen-bond donors (Lipinski definition) is 1. The summed E-state index contributed by atoms with van der Waals surface area (Å²) >= 11 is 13.7. The second-order valence-electron chi connectivity index (χ2n) is 6.10. The molecular formula is C21H25Cl2NO2S. The van der Waals surface area contributed by atoms with Crippen LogP contribution in [0.1, 0.15) is 31.4 Å². The zero-order valence-corrected chi connectivity index (χ0v) is 18.0. The molecule has 1 N–H and O–H groups in total. The van der Waals surface area contributed by atoms with Crippen LogP contribution in [0.25, 0.3) is 0 Å². The Labute approximate surface area is 175 Å². The van der Waals surface area contributed by atoms with Crippen molar-refractivity contribution < 1.29 is 9.53 Å². The van der Waals surface area contributed by atoms with Crippen molar-refractivity contribution in [2.75, 3.05) is 12.3 Å². The molecule has 0 radical (unpaired) electrons. The summed E-state index contributed by atoms with van der Waals surface area (Å²) in [6, 6.07) is 13.5. The van der Waals surface area contributed by atoms with Gasteiger partial charge in [0.15, 0.2) is 6.10 Å². The van der Waals surface area contributed by atoms with Gasteiger partial charge in [-0.3, -0.25) is 4.79 Å². The lowest BCUT2D eigenvalue weighted by atomic mass is 10.2. The van der Waals surface area contributed by atoms with Crippen LogP contribution in [0, 0.1) is 0 Å². The fraction of sp³-hybridized carbons (Fsp3) is 0.381. The van der Waals surface area contributed by atoms with E-state index in [4.69, 9.17) is 27.9 Å². The van der Waals surface area contributed by atoms with Crippen molar-refractivity contribution in [3.63, 3.8) is 0 Å². The number of aryl methyl sites for hydroxylation is 1. The highest BCUT2D eigenvalue weighted by Crippen LogP contribution is 2.24. The molecule has 0 heterocycles. The maximum atomic E-state index is 12.3. The van der Waals surface area contributed by atoms with Gasteiger partial charge in [-0.2, -0.15) is 11.8 Å². The molecule has 0 aliphatic rings. The van der Waals surface area contributed by atoms with E-state index in [9.17, 15) is 4.79 Å². The molecule has 2 rings (SSSR count). The highest BCUT2D eigenvalue weighted by Gasteiger charge is 2.17. The Morgan fingerprint density at radius 1 is 1.07 bits per heavy atom. The number of halogens is 2. The lowest BCUT2D eigenvalue weighted by molar-refractivity contribution is -0.127. The van der Waals surface area contributed by atoms with Crippen LogP contribution in [0.15, 0.2) is 42.5 Å². The zero-order chi connectivity index (χ0) is 19.6. The Balaban J connectivity index is 1.71. The summed E-state index contributed by atoms with van der Waals surface area (Å²) in [4.78, 5) is 12.3. The van der Waals surface area contributed by atoms with Crippen molar-refractivity contribution >= 4 is 40.9 Å². The van der Waals surface area contributed by atoms with Gasteiger partial charge in [-0.05, 0) is 48.2 Å². The third kappa shape index (κ3) is 7.28. The molecule has 0 aromatic heterocycles. The molecule has 1 amide bonds. The van der Waals surface area contributed by atoms with Crippen molar-refractivity contribution in [1.82, 2.24) is 5.32 Å². The van der Waals surface area contributed by atoms with Crippen molar-refractivity contribution in [3.05, 3.63) is 63.6 Å². The van der Waals surface area contributed by atoms with Crippen LogP contribution in [-0.2, 0) is 17.0 Å². The predicted octanol–water partition coefficient (Wildman–Crippen LogP) is 5.76. The lowest BCUT2D eigenvalue weighted by Crippen LogP contribution is -2.39. The molecular weight excluding hydrogens is 401 g/mol. The highest BCUT2D eigenvalue weighted by molar-refractivity contribution is 7.98. The molecule has 146 valence electrons. The van der Waals surface area contributed by atoms with Gasteiger partial charge in [0.1, 0.15) is 5.75 Å². The fourth-order valence-electron chi connectivity index (χ4n) is 2.47. The number of carbonyl (C=O) groups excluding carboxylic acids is 1. The number of carbonyl (C=O) groups is 1. The Kier molecular flexibility index (Phi) is 9.32. The predicted molar refractivity (Wildman–Crippen MR) is 116 cm³/mol. The quantitative estimate of drug-likeness (QED) is 0.491. The standard InChI is InChI=1S/C21H25Cl2NO2S/c1-3-15-5-8-17(9-6-15)26-20(4-2)21(25)24-11-12-27-14-16-7-10-18(22)19(23)13-16/h5-10,13,20H,3-4,11-12,14H2,1-2H3,(H,24,25).